The van der Waals surface area contributed by atoms with Crippen LogP contribution in [0, 0.1) is 17.3 Å². The zero-order valence-corrected chi connectivity index (χ0v) is 19.0. The highest BCUT2D eigenvalue weighted by Crippen LogP contribution is 2.57. The van der Waals surface area contributed by atoms with Gasteiger partial charge in [-0.25, -0.2) is 0 Å². The Bertz CT molecular complexity index is 840. The van der Waals surface area contributed by atoms with Gasteiger partial charge in [0.15, 0.2) is 0 Å². The molecule has 0 aromatic heterocycles. The number of benzene rings is 1. The number of hydrogen-bond acceptors (Lipinski definition) is 5. The Kier molecular flexibility index (Phi) is 6.71. The average molecular weight is 415 g/mol. The van der Waals surface area contributed by atoms with Crippen LogP contribution in [0.4, 0.5) is 0 Å². The number of esters is 1. The molecule has 1 saturated heterocycles. The van der Waals surface area contributed by atoms with E-state index in [2.05, 4.69) is 26.8 Å². The Balaban J connectivity index is 1.72. The maximum absolute atomic E-state index is 12.9. The third kappa shape index (κ3) is 4.46. The van der Waals surface area contributed by atoms with E-state index in [1.54, 1.807) is 13.2 Å². The molecule has 5 nitrogen and oxygen atoms in total. The molecule has 0 N–H and O–H groups in total. The van der Waals surface area contributed by atoms with Crippen molar-refractivity contribution in [2.75, 3.05) is 7.11 Å². The molecular formula is C25H34O5. The summed E-state index contributed by atoms with van der Waals surface area (Å²) in [4.78, 5) is 25.0. The van der Waals surface area contributed by atoms with Crippen LogP contribution >= 0.6 is 0 Å². The number of ether oxygens (including phenoxy) is 3. The lowest BCUT2D eigenvalue weighted by Crippen LogP contribution is -2.40. The predicted octanol–water partition coefficient (Wildman–Crippen LogP) is 5.43. The molecule has 0 spiro atoms. The minimum Gasteiger partial charge on any atom is -0.497 e. The minimum absolute atomic E-state index is 0.0793. The molecule has 0 bridgehead atoms. The first-order valence-corrected chi connectivity index (χ1v) is 10.9. The van der Waals surface area contributed by atoms with Crippen molar-refractivity contribution in [3.05, 3.63) is 35.4 Å². The van der Waals surface area contributed by atoms with Gasteiger partial charge < -0.3 is 14.2 Å². The fourth-order valence-electron chi connectivity index (χ4n) is 4.73. The molecule has 0 radical (unpaired) electrons. The SMILES string of the molecule is COc1ccc2c(c1)OC(=O)C1C2O[C@@H](C)[C@]1(C)CC/C=C(\C)CC(=O)CC(C)C. The third-order valence-corrected chi connectivity index (χ3v) is 6.57. The highest BCUT2D eigenvalue weighted by Gasteiger charge is 2.58. The molecule has 30 heavy (non-hydrogen) atoms. The first-order valence-electron chi connectivity index (χ1n) is 10.9. The second-order valence-corrected chi connectivity index (χ2v) is 9.41. The molecule has 0 aliphatic carbocycles. The van der Waals surface area contributed by atoms with Crippen molar-refractivity contribution >= 4 is 11.8 Å². The van der Waals surface area contributed by atoms with Crippen LogP contribution in [0.1, 0.15) is 72.0 Å². The summed E-state index contributed by atoms with van der Waals surface area (Å²) in [6, 6.07) is 5.55. The largest absolute Gasteiger partial charge is 0.497 e. The summed E-state index contributed by atoms with van der Waals surface area (Å²) in [6.07, 6.45) is 4.48. The summed E-state index contributed by atoms with van der Waals surface area (Å²) in [6.45, 7) is 10.3. The second-order valence-electron chi connectivity index (χ2n) is 9.41. The van der Waals surface area contributed by atoms with Gasteiger partial charge in [0.2, 0.25) is 0 Å². The lowest BCUT2D eigenvalue weighted by molar-refractivity contribution is -0.146. The predicted molar refractivity (Wildman–Crippen MR) is 116 cm³/mol. The van der Waals surface area contributed by atoms with Gasteiger partial charge in [0, 0.05) is 29.9 Å². The first-order chi connectivity index (χ1) is 14.2. The van der Waals surface area contributed by atoms with Crippen molar-refractivity contribution in [1.82, 2.24) is 0 Å². The van der Waals surface area contributed by atoms with Gasteiger partial charge >= 0.3 is 5.97 Å². The lowest BCUT2D eigenvalue weighted by atomic mass is 9.68. The van der Waals surface area contributed by atoms with Gasteiger partial charge in [-0.3, -0.25) is 9.59 Å². The molecule has 1 aromatic carbocycles. The summed E-state index contributed by atoms with van der Waals surface area (Å²) in [5.74, 6) is 1.27. The summed E-state index contributed by atoms with van der Waals surface area (Å²) in [7, 11) is 1.59. The molecule has 1 aromatic rings. The molecule has 2 unspecified atom stereocenters. The zero-order chi connectivity index (χ0) is 22.1. The molecule has 2 heterocycles. The average Bonchev–Trinajstić information content (AvgIpc) is 2.92. The van der Waals surface area contributed by atoms with Gasteiger partial charge in [0.05, 0.1) is 19.1 Å². The minimum atomic E-state index is -0.343. The molecule has 164 valence electrons. The summed E-state index contributed by atoms with van der Waals surface area (Å²) in [5, 5.41) is 0. The zero-order valence-electron chi connectivity index (χ0n) is 19.0. The van der Waals surface area contributed by atoms with Gasteiger partial charge in [0.25, 0.3) is 0 Å². The van der Waals surface area contributed by atoms with Crippen LogP contribution < -0.4 is 9.47 Å². The number of hydrogen-bond donors (Lipinski definition) is 0. The van der Waals surface area contributed by atoms with Gasteiger partial charge in [-0.2, -0.15) is 0 Å². The highest BCUT2D eigenvalue weighted by molar-refractivity contribution is 5.81. The van der Waals surface area contributed by atoms with Crippen molar-refractivity contribution in [3.8, 4) is 11.5 Å². The molecule has 2 aliphatic rings. The third-order valence-electron chi connectivity index (χ3n) is 6.57. The first kappa shape index (κ1) is 22.5. The van der Waals surface area contributed by atoms with Gasteiger partial charge in [0.1, 0.15) is 23.4 Å². The lowest BCUT2D eigenvalue weighted by Gasteiger charge is -2.35. The van der Waals surface area contributed by atoms with Crippen molar-refractivity contribution < 1.29 is 23.8 Å². The van der Waals surface area contributed by atoms with Crippen molar-refractivity contribution in [3.63, 3.8) is 0 Å². The number of Topliss-reactive ketones (excluding diaryl/α,β-unsaturated/α-hetero) is 1. The van der Waals surface area contributed by atoms with Crippen LogP contribution in [-0.2, 0) is 14.3 Å². The monoisotopic (exact) mass is 414 g/mol. The topological polar surface area (TPSA) is 61.8 Å². The number of carbonyl (C=O) groups excluding carboxylic acids is 2. The summed E-state index contributed by atoms with van der Waals surface area (Å²) in [5.41, 5.74) is 1.66. The molecule has 3 rings (SSSR count). The number of methoxy groups -OCH3 is 1. The molecule has 0 saturated carbocycles. The van der Waals surface area contributed by atoms with Crippen molar-refractivity contribution in [1.29, 1.82) is 0 Å². The molecule has 2 aliphatic heterocycles. The van der Waals surface area contributed by atoms with E-state index in [-0.39, 0.29) is 35.3 Å². The number of rotatable bonds is 8. The Morgan fingerprint density at radius 3 is 2.73 bits per heavy atom. The van der Waals surface area contributed by atoms with Crippen LogP contribution in [0.3, 0.4) is 0 Å². The van der Waals surface area contributed by atoms with Crippen molar-refractivity contribution in [2.24, 2.45) is 17.3 Å². The van der Waals surface area contributed by atoms with E-state index in [0.29, 0.717) is 30.3 Å². The molecule has 5 heteroatoms. The second kappa shape index (κ2) is 8.93. The highest BCUT2D eigenvalue weighted by atomic mass is 16.6. The molecule has 0 amide bonds. The van der Waals surface area contributed by atoms with Crippen LogP contribution in [0.25, 0.3) is 0 Å². The Morgan fingerprint density at radius 2 is 2.07 bits per heavy atom. The van der Waals surface area contributed by atoms with E-state index in [0.717, 1.165) is 24.0 Å². The van der Waals surface area contributed by atoms with Crippen molar-refractivity contribution in [2.45, 2.75) is 72.5 Å². The molecular weight excluding hydrogens is 380 g/mol. The van der Waals surface area contributed by atoms with Crippen LogP contribution in [0.5, 0.6) is 11.5 Å². The Hall–Kier alpha value is -2.14. The molecule has 1 fully saturated rings. The van der Waals surface area contributed by atoms with Gasteiger partial charge in [-0.1, -0.05) is 32.4 Å². The fraction of sp³-hybridized carbons (Fsp3) is 0.600. The van der Waals surface area contributed by atoms with Crippen LogP contribution in [0.2, 0.25) is 0 Å². The maximum Gasteiger partial charge on any atom is 0.318 e. The Labute approximate surface area is 179 Å². The van der Waals surface area contributed by atoms with Crippen LogP contribution in [0.15, 0.2) is 29.8 Å². The standard InChI is InChI=1S/C25H34O5/c1-15(2)12-18(26)13-16(3)8-7-11-25(5)17(4)29-23-20-10-9-19(28-6)14-21(20)30-24(27)22(23)25/h8-10,14-15,17,22-23H,7,11-13H2,1-6H3/b16-8+/t17-,22?,23?,25-/m0/s1. The van der Waals surface area contributed by atoms with E-state index in [4.69, 9.17) is 14.2 Å². The number of fused-ring (bicyclic) bond motifs is 3. The number of allylic oxidation sites excluding steroid dienone is 2. The number of carbonyl (C=O) groups is 2. The van der Waals surface area contributed by atoms with E-state index in [1.165, 1.54) is 0 Å². The normalized spacial score (nSPS) is 28.2. The van der Waals surface area contributed by atoms with E-state index >= 15 is 0 Å². The van der Waals surface area contributed by atoms with Crippen LogP contribution in [-0.4, -0.2) is 25.0 Å². The summed E-state index contributed by atoms with van der Waals surface area (Å²) < 4.78 is 17.2. The summed E-state index contributed by atoms with van der Waals surface area (Å²) >= 11 is 0. The number of ketones is 1. The molecule has 4 atom stereocenters. The van der Waals surface area contributed by atoms with E-state index in [9.17, 15) is 9.59 Å². The maximum atomic E-state index is 12.9. The van der Waals surface area contributed by atoms with E-state index < -0.39 is 0 Å². The van der Waals surface area contributed by atoms with E-state index in [1.807, 2.05) is 26.0 Å². The Morgan fingerprint density at radius 1 is 1.33 bits per heavy atom. The fourth-order valence-corrected chi connectivity index (χ4v) is 4.73. The van der Waals surface area contributed by atoms with Gasteiger partial charge in [-0.15, -0.1) is 0 Å². The van der Waals surface area contributed by atoms with Gasteiger partial charge in [-0.05, 0) is 44.7 Å². The smallest absolute Gasteiger partial charge is 0.318 e. The quantitative estimate of drug-likeness (QED) is 0.322.